The minimum atomic E-state index is 0.237. The number of nitrogens with zero attached hydrogens (tertiary/aromatic N) is 2. The predicted molar refractivity (Wildman–Crippen MR) is 61.3 cm³/mol. The van der Waals surface area contributed by atoms with Crippen LogP contribution in [-0.4, -0.2) is 21.4 Å². The molecule has 0 spiro atoms. The maximum Gasteiger partial charge on any atom is 0.138 e. The standard InChI is InChI=1S/C11H17ClN2O/c1-3-9-7-10(14(2)13-9)8-11(15)5-4-6-12/h7H,3-6,8H2,1-2H3. The van der Waals surface area contributed by atoms with Crippen molar-refractivity contribution in [2.75, 3.05) is 5.88 Å². The van der Waals surface area contributed by atoms with Crippen LogP contribution in [0.5, 0.6) is 0 Å². The van der Waals surface area contributed by atoms with Crippen molar-refractivity contribution in [1.82, 2.24) is 9.78 Å². The Morgan fingerprint density at radius 2 is 2.33 bits per heavy atom. The Kier molecular flexibility index (Phi) is 4.82. The van der Waals surface area contributed by atoms with Crippen LogP contribution in [0.3, 0.4) is 0 Å². The van der Waals surface area contributed by atoms with E-state index in [-0.39, 0.29) is 5.78 Å². The molecule has 0 aliphatic carbocycles. The van der Waals surface area contributed by atoms with Crippen LogP contribution in [0.25, 0.3) is 0 Å². The zero-order chi connectivity index (χ0) is 11.3. The number of halogens is 1. The van der Waals surface area contributed by atoms with Crippen LogP contribution in [-0.2, 0) is 24.7 Å². The third-order valence-electron chi connectivity index (χ3n) is 2.36. The number of alkyl halides is 1. The average Bonchev–Trinajstić information content (AvgIpc) is 2.57. The van der Waals surface area contributed by atoms with Crippen molar-refractivity contribution in [3.05, 3.63) is 17.5 Å². The van der Waals surface area contributed by atoms with E-state index in [1.165, 1.54) is 0 Å². The minimum absolute atomic E-state index is 0.237. The first-order valence-electron chi connectivity index (χ1n) is 5.26. The highest BCUT2D eigenvalue weighted by Crippen LogP contribution is 2.07. The fraction of sp³-hybridized carbons (Fsp3) is 0.636. The van der Waals surface area contributed by atoms with Crippen LogP contribution in [0, 0.1) is 0 Å². The van der Waals surface area contributed by atoms with Gasteiger partial charge >= 0.3 is 0 Å². The molecule has 0 aromatic carbocycles. The number of Topliss-reactive ketones (excluding diaryl/α,β-unsaturated/α-hetero) is 1. The summed E-state index contributed by atoms with van der Waals surface area (Å²) in [6, 6.07) is 2.00. The van der Waals surface area contributed by atoms with Gasteiger partial charge in [-0.1, -0.05) is 6.92 Å². The van der Waals surface area contributed by atoms with Gasteiger partial charge in [0.15, 0.2) is 0 Å². The zero-order valence-corrected chi connectivity index (χ0v) is 10.0. The van der Waals surface area contributed by atoms with E-state index in [4.69, 9.17) is 11.6 Å². The molecule has 1 aromatic heterocycles. The van der Waals surface area contributed by atoms with Gasteiger partial charge < -0.3 is 0 Å². The van der Waals surface area contributed by atoms with Crippen LogP contribution in [0.1, 0.15) is 31.2 Å². The number of aromatic nitrogens is 2. The second-order valence-corrected chi connectivity index (χ2v) is 3.99. The number of ketones is 1. The van der Waals surface area contributed by atoms with Crippen LogP contribution in [0.4, 0.5) is 0 Å². The Hall–Kier alpha value is -0.830. The van der Waals surface area contributed by atoms with E-state index in [1.54, 1.807) is 4.68 Å². The molecule has 0 atom stereocenters. The van der Waals surface area contributed by atoms with Crippen LogP contribution >= 0.6 is 11.6 Å². The molecule has 1 heterocycles. The third kappa shape index (κ3) is 3.67. The topological polar surface area (TPSA) is 34.9 Å². The van der Waals surface area contributed by atoms with E-state index < -0.39 is 0 Å². The molecule has 1 aromatic rings. The van der Waals surface area contributed by atoms with E-state index in [0.717, 1.165) is 24.2 Å². The van der Waals surface area contributed by atoms with Gasteiger partial charge in [0.05, 0.1) is 5.69 Å². The Bertz CT molecular complexity index is 333. The normalized spacial score (nSPS) is 10.6. The predicted octanol–water partition coefficient (Wildman–Crippen LogP) is 2.11. The molecule has 0 aliphatic heterocycles. The van der Waals surface area contributed by atoms with Gasteiger partial charge in [0.1, 0.15) is 5.78 Å². The average molecular weight is 229 g/mol. The lowest BCUT2D eigenvalue weighted by atomic mass is 10.1. The Balaban J connectivity index is 2.55. The lowest BCUT2D eigenvalue weighted by Gasteiger charge is -2.00. The van der Waals surface area contributed by atoms with Crippen molar-refractivity contribution >= 4 is 17.4 Å². The molecule has 4 heteroatoms. The number of hydrogen-bond acceptors (Lipinski definition) is 2. The summed E-state index contributed by atoms with van der Waals surface area (Å²) in [4.78, 5) is 11.5. The number of rotatable bonds is 6. The van der Waals surface area contributed by atoms with E-state index in [9.17, 15) is 4.79 Å². The van der Waals surface area contributed by atoms with Gasteiger partial charge in [0.2, 0.25) is 0 Å². The van der Waals surface area contributed by atoms with Gasteiger partial charge in [-0.3, -0.25) is 9.48 Å². The summed E-state index contributed by atoms with van der Waals surface area (Å²) in [6.45, 7) is 2.06. The molecule has 0 unspecified atom stereocenters. The molecule has 0 amide bonds. The smallest absolute Gasteiger partial charge is 0.138 e. The highest BCUT2D eigenvalue weighted by atomic mass is 35.5. The van der Waals surface area contributed by atoms with Gasteiger partial charge in [-0.2, -0.15) is 5.10 Å². The number of hydrogen-bond donors (Lipinski definition) is 0. The monoisotopic (exact) mass is 228 g/mol. The summed E-state index contributed by atoms with van der Waals surface area (Å²) in [5.74, 6) is 0.790. The van der Waals surface area contributed by atoms with Gasteiger partial charge in [-0.25, -0.2) is 0 Å². The largest absolute Gasteiger partial charge is 0.299 e. The molecule has 0 saturated carbocycles. The van der Waals surface area contributed by atoms with Crippen molar-refractivity contribution < 1.29 is 4.79 Å². The molecule has 0 fully saturated rings. The molecule has 3 nitrogen and oxygen atoms in total. The van der Waals surface area contributed by atoms with E-state index in [0.29, 0.717) is 18.7 Å². The van der Waals surface area contributed by atoms with Crippen molar-refractivity contribution in [3.63, 3.8) is 0 Å². The molecular weight excluding hydrogens is 212 g/mol. The molecule has 15 heavy (non-hydrogen) atoms. The highest BCUT2D eigenvalue weighted by molar-refractivity contribution is 6.17. The van der Waals surface area contributed by atoms with E-state index >= 15 is 0 Å². The Morgan fingerprint density at radius 1 is 1.60 bits per heavy atom. The highest BCUT2D eigenvalue weighted by Gasteiger charge is 2.08. The summed E-state index contributed by atoms with van der Waals surface area (Å²) < 4.78 is 1.79. The molecular formula is C11H17ClN2O. The fourth-order valence-electron chi connectivity index (χ4n) is 1.46. The molecule has 0 N–H and O–H groups in total. The van der Waals surface area contributed by atoms with Gasteiger partial charge in [-0.15, -0.1) is 11.6 Å². The van der Waals surface area contributed by atoms with Gasteiger partial charge in [0, 0.05) is 31.5 Å². The van der Waals surface area contributed by atoms with E-state index in [1.807, 2.05) is 13.1 Å². The summed E-state index contributed by atoms with van der Waals surface area (Å²) >= 11 is 5.54. The fourth-order valence-corrected chi connectivity index (χ4v) is 1.60. The SMILES string of the molecule is CCc1cc(CC(=O)CCCCl)n(C)n1. The first-order chi connectivity index (χ1) is 7.17. The summed E-state index contributed by atoms with van der Waals surface area (Å²) in [6.07, 6.45) is 2.71. The number of aryl methyl sites for hydroxylation is 2. The second-order valence-electron chi connectivity index (χ2n) is 3.61. The summed E-state index contributed by atoms with van der Waals surface area (Å²) in [5.41, 5.74) is 2.03. The quantitative estimate of drug-likeness (QED) is 0.699. The zero-order valence-electron chi connectivity index (χ0n) is 9.29. The number of carbonyl (C=O) groups excluding carboxylic acids is 1. The molecule has 1 rings (SSSR count). The number of carbonyl (C=O) groups is 1. The molecule has 84 valence electrons. The molecule has 0 radical (unpaired) electrons. The first kappa shape index (κ1) is 12.2. The van der Waals surface area contributed by atoms with Crippen molar-refractivity contribution in [2.45, 2.75) is 32.6 Å². The molecule has 0 bridgehead atoms. The van der Waals surface area contributed by atoms with E-state index in [2.05, 4.69) is 12.0 Å². The first-order valence-corrected chi connectivity index (χ1v) is 5.80. The Morgan fingerprint density at radius 3 is 2.87 bits per heavy atom. The van der Waals surface area contributed by atoms with Crippen LogP contribution in [0.15, 0.2) is 6.07 Å². The molecule has 0 aliphatic rings. The van der Waals surface area contributed by atoms with Crippen molar-refractivity contribution in [1.29, 1.82) is 0 Å². The van der Waals surface area contributed by atoms with Crippen LogP contribution in [0.2, 0.25) is 0 Å². The van der Waals surface area contributed by atoms with Gasteiger partial charge in [-0.05, 0) is 18.9 Å². The minimum Gasteiger partial charge on any atom is -0.299 e. The Labute approximate surface area is 95.4 Å². The summed E-state index contributed by atoms with van der Waals surface area (Å²) in [7, 11) is 1.88. The molecule has 0 saturated heterocycles. The lowest BCUT2D eigenvalue weighted by Crippen LogP contribution is -2.07. The third-order valence-corrected chi connectivity index (χ3v) is 2.62. The lowest BCUT2D eigenvalue weighted by molar-refractivity contribution is -0.118. The van der Waals surface area contributed by atoms with Crippen molar-refractivity contribution in [3.8, 4) is 0 Å². The summed E-state index contributed by atoms with van der Waals surface area (Å²) in [5, 5.41) is 4.30. The second kappa shape index (κ2) is 5.91. The van der Waals surface area contributed by atoms with Crippen LogP contribution < -0.4 is 0 Å². The maximum absolute atomic E-state index is 11.5. The van der Waals surface area contributed by atoms with Gasteiger partial charge in [0.25, 0.3) is 0 Å². The van der Waals surface area contributed by atoms with Crippen molar-refractivity contribution in [2.24, 2.45) is 7.05 Å². The maximum atomic E-state index is 11.5.